The molecule has 5 heteroatoms. The molecule has 0 heterocycles. The molecule has 0 aromatic heterocycles. The highest BCUT2D eigenvalue weighted by Gasteiger charge is 2.25. The maximum atomic E-state index is 11.9. The maximum Gasteiger partial charge on any atom is 0.212 e. The Kier molecular flexibility index (Phi) is 7.71. The van der Waals surface area contributed by atoms with Crippen LogP contribution in [0.3, 0.4) is 0 Å². The first kappa shape index (κ1) is 19.9. The summed E-state index contributed by atoms with van der Waals surface area (Å²) in [5, 5.41) is 0. The summed E-state index contributed by atoms with van der Waals surface area (Å²) in [4.78, 5) is 0. The van der Waals surface area contributed by atoms with Crippen LogP contribution in [0.2, 0.25) is 0 Å². The van der Waals surface area contributed by atoms with Gasteiger partial charge in [0, 0.05) is 12.1 Å². The Hall–Kier alpha value is -0.130. The first-order valence-electron chi connectivity index (χ1n) is 7.42. The van der Waals surface area contributed by atoms with E-state index in [2.05, 4.69) is 25.5 Å². The van der Waals surface area contributed by atoms with Crippen LogP contribution in [0.1, 0.15) is 61.3 Å². The summed E-state index contributed by atoms with van der Waals surface area (Å²) >= 11 is 0. The van der Waals surface area contributed by atoms with Crippen molar-refractivity contribution >= 4 is 10.0 Å². The van der Waals surface area contributed by atoms with Gasteiger partial charge in [-0.3, -0.25) is 0 Å². The fourth-order valence-corrected chi connectivity index (χ4v) is 3.85. The molecule has 0 amide bonds. The third-order valence-corrected chi connectivity index (χ3v) is 4.58. The fraction of sp³-hybridized carbons (Fsp3) is 1.00. The van der Waals surface area contributed by atoms with Gasteiger partial charge in [-0.15, -0.1) is 0 Å². The van der Waals surface area contributed by atoms with Crippen molar-refractivity contribution in [2.45, 2.75) is 66.8 Å². The lowest BCUT2D eigenvalue weighted by Crippen LogP contribution is -2.45. The van der Waals surface area contributed by atoms with Gasteiger partial charge in [-0.25, -0.2) is 13.1 Å². The van der Waals surface area contributed by atoms with Crippen molar-refractivity contribution in [3.63, 3.8) is 0 Å². The van der Waals surface area contributed by atoms with Gasteiger partial charge in [-0.1, -0.05) is 34.6 Å². The summed E-state index contributed by atoms with van der Waals surface area (Å²) < 4.78 is 32.3. The van der Waals surface area contributed by atoms with E-state index in [-0.39, 0.29) is 17.1 Å². The van der Waals surface area contributed by atoms with Crippen LogP contribution in [0.4, 0.5) is 0 Å². The summed E-state index contributed by atoms with van der Waals surface area (Å²) in [7, 11) is -3.20. The van der Waals surface area contributed by atoms with Gasteiger partial charge in [0.2, 0.25) is 10.0 Å². The van der Waals surface area contributed by atoms with Crippen LogP contribution in [0.15, 0.2) is 0 Å². The average Bonchev–Trinajstić information content (AvgIpc) is 2.09. The Labute approximate surface area is 125 Å². The van der Waals surface area contributed by atoms with E-state index < -0.39 is 15.6 Å². The Bertz CT molecular complexity index is 367. The monoisotopic (exact) mass is 307 g/mol. The highest BCUT2D eigenvalue weighted by Crippen LogP contribution is 2.16. The molecular formula is C15H33NO3S. The van der Waals surface area contributed by atoms with E-state index in [0.717, 1.165) is 19.4 Å². The maximum absolute atomic E-state index is 11.9. The van der Waals surface area contributed by atoms with E-state index in [9.17, 15) is 8.42 Å². The molecule has 0 saturated heterocycles. The molecule has 0 atom stereocenters. The predicted octanol–water partition coefficient (Wildman–Crippen LogP) is 3.18. The second-order valence-electron chi connectivity index (χ2n) is 7.88. The fourth-order valence-electron chi connectivity index (χ4n) is 1.95. The largest absolute Gasteiger partial charge is 0.381 e. The molecule has 0 aromatic carbocycles. The number of ether oxygens (including phenoxy) is 1. The van der Waals surface area contributed by atoms with Crippen molar-refractivity contribution < 1.29 is 13.2 Å². The summed E-state index contributed by atoms with van der Waals surface area (Å²) in [6.07, 6.45) is 1.63. The second kappa shape index (κ2) is 7.76. The SMILES string of the molecule is CC(C)CS(=O)(=O)NC(C)(C)CCCOCC(C)(C)C. The molecule has 0 aromatic rings. The van der Waals surface area contributed by atoms with Crippen LogP contribution in [-0.4, -0.2) is 32.9 Å². The van der Waals surface area contributed by atoms with E-state index in [1.807, 2.05) is 27.7 Å². The molecule has 0 aliphatic carbocycles. The minimum Gasteiger partial charge on any atom is -0.381 e. The lowest BCUT2D eigenvalue weighted by Gasteiger charge is -2.27. The molecule has 20 heavy (non-hydrogen) atoms. The number of nitrogens with one attached hydrogen (secondary N) is 1. The van der Waals surface area contributed by atoms with Crippen molar-refractivity contribution in [2.75, 3.05) is 19.0 Å². The summed E-state index contributed by atoms with van der Waals surface area (Å²) in [6.45, 7) is 15.5. The molecule has 0 spiro atoms. The van der Waals surface area contributed by atoms with Gasteiger partial charge in [-0.05, 0) is 38.0 Å². The summed E-state index contributed by atoms with van der Waals surface area (Å²) in [5.41, 5.74) is -0.243. The quantitative estimate of drug-likeness (QED) is 0.666. The molecule has 0 radical (unpaired) electrons. The van der Waals surface area contributed by atoms with Crippen LogP contribution in [0.5, 0.6) is 0 Å². The Morgan fingerprint density at radius 1 is 1.10 bits per heavy atom. The zero-order valence-corrected chi connectivity index (χ0v) is 15.1. The zero-order valence-electron chi connectivity index (χ0n) is 14.2. The number of hydrogen-bond acceptors (Lipinski definition) is 3. The van der Waals surface area contributed by atoms with Gasteiger partial charge in [0.1, 0.15) is 0 Å². The third kappa shape index (κ3) is 11.7. The topological polar surface area (TPSA) is 55.4 Å². The van der Waals surface area contributed by atoms with Crippen LogP contribution in [0.25, 0.3) is 0 Å². The number of hydrogen-bond donors (Lipinski definition) is 1. The highest BCUT2D eigenvalue weighted by atomic mass is 32.2. The molecule has 0 fully saturated rings. The molecule has 0 unspecified atom stereocenters. The molecule has 0 rings (SSSR count). The van der Waals surface area contributed by atoms with Crippen molar-refractivity contribution in [1.29, 1.82) is 0 Å². The number of rotatable bonds is 9. The van der Waals surface area contributed by atoms with Gasteiger partial charge < -0.3 is 4.74 Å². The Morgan fingerprint density at radius 3 is 2.10 bits per heavy atom. The molecule has 0 saturated carbocycles. The van der Waals surface area contributed by atoms with Gasteiger partial charge in [0.05, 0.1) is 12.4 Å². The van der Waals surface area contributed by atoms with Crippen molar-refractivity contribution in [2.24, 2.45) is 11.3 Å². The van der Waals surface area contributed by atoms with Crippen LogP contribution in [0, 0.1) is 11.3 Å². The van der Waals surface area contributed by atoms with Crippen molar-refractivity contribution in [3.8, 4) is 0 Å². The van der Waals surface area contributed by atoms with Gasteiger partial charge in [0.15, 0.2) is 0 Å². The van der Waals surface area contributed by atoms with Crippen molar-refractivity contribution in [1.82, 2.24) is 4.72 Å². The molecule has 122 valence electrons. The average molecular weight is 308 g/mol. The molecule has 4 nitrogen and oxygen atoms in total. The van der Waals surface area contributed by atoms with Gasteiger partial charge >= 0.3 is 0 Å². The Balaban J connectivity index is 4.08. The minimum atomic E-state index is -3.20. The van der Waals surface area contributed by atoms with E-state index in [1.54, 1.807) is 0 Å². The molecular weight excluding hydrogens is 274 g/mol. The van der Waals surface area contributed by atoms with Crippen LogP contribution >= 0.6 is 0 Å². The number of sulfonamides is 1. The van der Waals surface area contributed by atoms with E-state index in [1.165, 1.54) is 0 Å². The first-order valence-corrected chi connectivity index (χ1v) is 9.08. The third-order valence-electron chi connectivity index (χ3n) is 2.61. The minimum absolute atomic E-state index is 0.137. The molecule has 1 N–H and O–H groups in total. The Morgan fingerprint density at radius 2 is 1.65 bits per heavy atom. The first-order chi connectivity index (χ1) is 8.83. The summed E-state index contributed by atoms with van der Waals surface area (Å²) in [6, 6.07) is 0. The normalized spacial score (nSPS) is 14.0. The molecule has 0 aliphatic rings. The smallest absolute Gasteiger partial charge is 0.212 e. The molecule has 0 aliphatic heterocycles. The lowest BCUT2D eigenvalue weighted by atomic mass is 9.98. The van der Waals surface area contributed by atoms with E-state index in [0.29, 0.717) is 6.61 Å². The van der Waals surface area contributed by atoms with Gasteiger partial charge in [-0.2, -0.15) is 0 Å². The second-order valence-corrected chi connectivity index (χ2v) is 9.64. The molecule has 0 bridgehead atoms. The highest BCUT2D eigenvalue weighted by molar-refractivity contribution is 7.89. The lowest BCUT2D eigenvalue weighted by molar-refractivity contribution is 0.0664. The van der Waals surface area contributed by atoms with Crippen LogP contribution in [-0.2, 0) is 14.8 Å². The van der Waals surface area contributed by atoms with E-state index in [4.69, 9.17) is 4.74 Å². The standard InChI is InChI=1S/C15H33NO3S/c1-13(2)11-20(17,18)16-15(6,7)9-8-10-19-12-14(3,4)5/h13,16H,8-12H2,1-7H3. The summed E-state index contributed by atoms with van der Waals surface area (Å²) in [5.74, 6) is 0.315. The van der Waals surface area contributed by atoms with E-state index >= 15 is 0 Å². The predicted molar refractivity (Wildman–Crippen MR) is 85.3 cm³/mol. The zero-order chi connectivity index (χ0) is 16.0. The van der Waals surface area contributed by atoms with Gasteiger partial charge in [0.25, 0.3) is 0 Å². The van der Waals surface area contributed by atoms with Crippen LogP contribution < -0.4 is 4.72 Å². The van der Waals surface area contributed by atoms with Crippen molar-refractivity contribution in [3.05, 3.63) is 0 Å².